The SMILES string of the molecule is Cc1cc2nc(-c3nc(Cl)c(Cc4ccc(F)cc4)[nH]3)cn2c(N2CCC(C)(C)CC2)c1[C@H](OC(C)(C)C)C(=O)O. The molecule has 41 heavy (non-hydrogen) atoms. The van der Waals surface area contributed by atoms with E-state index in [9.17, 15) is 14.3 Å². The molecule has 0 unspecified atom stereocenters. The number of rotatable bonds is 7. The Morgan fingerprint density at radius 3 is 2.46 bits per heavy atom. The number of fused-ring (bicyclic) bond motifs is 1. The Hall–Kier alpha value is -3.43. The highest BCUT2D eigenvalue weighted by Gasteiger charge is 2.35. The number of carbonyl (C=O) groups is 1. The van der Waals surface area contributed by atoms with Gasteiger partial charge < -0.3 is 19.7 Å². The van der Waals surface area contributed by atoms with E-state index in [0.717, 1.165) is 42.9 Å². The number of hydrogen-bond donors (Lipinski definition) is 2. The van der Waals surface area contributed by atoms with Crippen molar-refractivity contribution in [1.82, 2.24) is 19.4 Å². The number of nitrogens with one attached hydrogen (secondary N) is 1. The summed E-state index contributed by atoms with van der Waals surface area (Å²) in [6, 6.07) is 8.15. The zero-order chi connectivity index (χ0) is 29.7. The highest BCUT2D eigenvalue weighted by Crippen LogP contribution is 2.40. The molecule has 1 atom stereocenters. The first-order chi connectivity index (χ1) is 19.2. The Bertz CT molecular complexity index is 1580. The fraction of sp³-hybridized carbons (Fsp3) is 0.452. The molecule has 4 heterocycles. The van der Waals surface area contributed by atoms with Crippen molar-refractivity contribution in [3.8, 4) is 11.5 Å². The molecule has 5 rings (SSSR count). The number of imidazole rings is 2. The Morgan fingerprint density at radius 2 is 1.85 bits per heavy atom. The Labute approximate surface area is 244 Å². The van der Waals surface area contributed by atoms with Crippen molar-refractivity contribution in [3.63, 3.8) is 0 Å². The van der Waals surface area contributed by atoms with Crippen LogP contribution in [0, 0.1) is 18.2 Å². The third-order valence-corrected chi connectivity index (χ3v) is 7.92. The molecule has 4 aromatic rings. The van der Waals surface area contributed by atoms with Gasteiger partial charge in [-0.15, -0.1) is 0 Å². The normalized spacial score (nSPS) is 16.3. The monoisotopic (exact) mass is 581 g/mol. The average Bonchev–Trinajstić information content (AvgIpc) is 3.46. The molecule has 3 aromatic heterocycles. The summed E-state index contributed by atoms with van der Waals surface area (Å²) in [6.07, 6.45) is 3.13. The van der Waals surface area contributed by atoms with Crippen LogP contribution in [0.15, 0.2) is 36.5 Å². The zero-order valence-corrected chi connectivity index (χ0v) is 25.1. The first kappa shape index (κ1) is 29.1. The van der Waals surface area contributed by atoms with Crippen molar-refractivity contribution in [3.05, 3.63) is 69.9 Å². The molecule has 1 saturated heterocycles. The lowest BCUT2D eigenvalue weighted by Crippen LogP contribution is -2.40. The van der Waals surface area contributed by atoms with Crippen LogP contribution in [0.2, 0.25) is 5.15 Å². The minimum Gasteiger partial charge on any atom is -0.479 e. The molecule has 0 amide bonds. The first-order valence-electron chi connectivity index (χ1n) is 13.9. The third-order valence-electron chi connectivity index (χ3n) is 7.61. The van der Waals surface area contributed by atoms with Crippen molar-refractivity contribution in [2.45, 2.75) is 72.5 Å². The number of pyridine rings is 1. The van der Waals surface area contributed by atoms with E-state index in [1.807, 2.05) is 44.4 Å². The maximum atomic E-state index is 13.4. The summed E-state index contributed by atoms with van der Waals surface area (Å²) in [5.41, 5.74) is 3.80. The van der Waals surface area contributed by atoms with E-state index < -0.39 is 17.7 Å². The number of nitrogens with zero attached hydrogens (tertiary/aromatic N) is 4. The average molecular weight is 582 g/mol. The number of anilines is 1. The molecule has 1 aromatic carbocycles. The number of carboxylic acids is 1. The van der Waals surface area contributed by atoms with E-state index >= 15 is 0 Å². The van der Waals surface area contributed by atoms with E-state index in [4.69, 9.17) is 21.3 Å². The Kier molecular flexibility index (Phi) is 7.63. The molecule has 0 bridgehead atoms. The Balaban J connectivity index is 1.62. The summed E-state index contributed by atoms with van der Waals surface area (Å²) >= 11 is 6.50. The molecular formula is C31H37ClFN5O3. The molecule has 0 saturated carbocycles. The van der Waals surface area contributed by atoms with Gasteiger partial charge in [0.05, 0.1) is 11.3 Å². The van der Waals surface area contributed by atoms with Crippen LogP contribution in [0.25, 0.3) is 17.2 Å². The van der Waals surface area contributed by atoms with Crippen molar-refractivity contribution in [2.24, 2.45) is 5.41 Å². The van der Waals surface area contributed by atoms with Crippen molar-refractivity contribution in [2.75, 3.05) is 18.0 Å². The van der Waals surface area contributed by atoms with E-state index in [-0.39, 0.29) is 11.2 Å². The van der Waals surface area contributed by atoms with Gasteiger partial charge >= 0.3 is 5.97 Å². The van der Waals surface area contributed by atoms with Crippen molar-refractivity contribution in [1.29, 1.82) is 0 Å². The van der Waals surface area contributed by atoms with Gasteiger partial charge in [0.25, 0.3) is 0 Å². The summed E-state index contributed by atoms with van der Waals surface area (Å²) < 4.78 is 21.5. The predicted molar refractivity (Wildman–Crippen MR) is 158 cm³/mol. The number of halogens is 2. The van der Waals surface area contributed by atoms with Gasteiger partial charge in [-0.05, 0) is 75.3 Å². The molecule has 2 N–H and O–H groups in total. The second kappa shape index (κ2) is 10.8. The molecule has 1 aliphatic heterocycles. The number of aromatic amines is 1. The number of H-pyrrole nitrogens is 1. The fourth-order valence-electron chi connectivity index (χ4n) is 5.35. The topological polar surface area (TPSA) is 95.8 Å². The number of aliphatic carboxylic acids is 1. The number of benzene rings is 1. The third kappa shape index (κ3) is 6.26. The lowest BCUT2D eigenvalue weighted by molar-refractivity contribution is -0.160. The summed E-state index contributed by atoms with van der Waals surface area (Å²) in [6.45, 7) is 13.6. The predicted octanol–water partition coefficient (Wildman–Crippen LogP) is 6.98. The summed E-state index contributed by atoms with van der Waals surface area (Å²) in [5, 5.41) is 10.6. The molecule has 0 spiro atoms. The maximum absolute atomic E-state index is 13.4. The van der Waals surface area contributed by atoms with Crippen LogP contribution in [-0.4, -0.2) is 49.1 Å². The van der Waals surface area contributed by atoms with Crippen LogP contribution < -0.4 is 4.90 Å². The zero-order valence-electron chi connectivity index (χ0n) is 24.4. The van der Waals surface area contributed by atoms with E-state index in [0.29, 0.717) is 40.0 Å². The largest absolute Gasteiger partial charge is 0.479 e. The van der Waals surface area contributed by atoms with Crippen LogP contribution in [0.3, 0.4) is 0 Å². The number of carboxylic acid groups (broad SMARTS) is 1. The number of piperidine rings is 1. The Morgan fingerprint density at radius 1 is 1.20 bits per heavy atom. The fourth-order valence-corrected chi connectivity index (χ4v) is 5.55. The molecule has 10 heteroatoms. The smallest absolute Gasteiger partial charge is 0.337 e. The molecule has 0 aliphatic carbocycles. The van der Waals surface area contributed by atoms with Gasteiger partial charge in [0.2, 0.25) is 0 Å². The number of aryl methyl sites for hydroxylation is 1. The molecule has 8 nitrogen and oxygen atoms in total. The van der Waals surface area contributed by atoms with Gasteiger partial charge in [0.1, 0.15) is 23.0 Å². The highest BCUT2D eigenvalue weighted by molar-refractivity contribution is 6.30. The van der Waals surface area contributed by atoms with Gasteiger partial charge in [-0.1, -0.05) is 37.6 Å². The quantitative estimate of drug-likeness (QED) is 0.244. The summed E-state index contributed by atoms with van der Waals surface area (Å²) in [4.78, 5) is 27.6. The van der Waals surface area contributed by atoms with Crippen LogP contribution in [0.1, 0.15) is 75.9 Å². The molecule has 218 valence electrons. The van der Waals surface area contributed by atoms with Gasteiger partial charge in [0.15, 0.2) is 17.1 Å². The minimum atomic E-state index is -1.16. The van der Waals surface area contributed by atoms with Crippen LogP contribution in [0.5, 0.6) is 0 Å². The van der Waals surface area contributed by atoms with Gasteiger partial charge in [-0.2, -0.15) is 0 Å². The van der Waals surface area contributed by atoms with Crippen molar-refractivity contribution >= 4 is 29.0 Å². The van der Waals surface area contributed by atoms with Gasteiger partial charge in [0, 0.05) is 31.3 Å². The summed E-state index contributed by atoms with van der Waals surface area (Å²) in [7, 11) is 0. The van der Waals surface area contributed by atoms with Gasteiger partial charge in [-0.3, -0.25) is 4.40 Å². The highest BCUT2D eigenvalue weighted by atomic mass is 35.5. The molecule has 1 aliphatic rings. The van der Waals surface area contributed by atoms with Crippen LogP contribution in [0.4, 0.5) is 10.2 Å². The van der Waals surface area contributed by atoms with Crippen LogP contribution in [-0.2, 0) is 16.0 Å². The lowest BCUT2D eigenvalue weighted by Gasteiger charge is -2.40. The second-order valence-electron chi connectivity index (χ2n) is 12.7. The molecule has 0 radical (unpaired) electrons. The number of aromatic nitrogens is 4. The molecule has 1 fully saturated rings. The van der Waals surface area contributed by atoms with Crippen LogP contribution >= 0.6 is 11.6 Å². The lowest BCUT2D eigenvalue weighted by atomic mass is 9.82. The van der Waals surface area contributed by atoms with Crippen molar-refractivity contribution < 1.29 is 19.0 Å². The standard InChI is InChI=1S/C31H37ClFN5O3/c1-18-15-23-34-22(27-35-21(26(32)36-27)16-19-7-9-20(33)10-8-19)17-38(23)28(37-13-11-31(5,6)12-14-37)24(18)25(29(39)40)41-30(2,3)4/h7-10,15,17,25H,11-14,16H2,1-6H3,(H,35,36)(H,39,40)/t25-/m0/s1. The minimum absolute atomic E-state index is 0.208. The van der Waals surface area contributed by atoms with E-state index in [1.54, 1.807) is 12.1 Å². The van der Waals surface area contributed by atoms with E-state index in [1.165, 1.54) is 12.1 Å². The first-order valence-corrected chi connectivity index (χ1v) is 14.3. The summed E-state index contributed by atoms with van der Waals surface area (Å²) in [5.74, 6) is -0.0586. The second-order valence-corrected chi connectivity index (χ2v) is 13.0. The van der Waals surface area contributed by atoms with E-state index in [2.05, 4.69) is 28.7 Å². The maximum Gasteiger partial charge on any atom is 0.337 e. The number of ether oxygens (including phenoxy) is 1. The van der Waals surface area contributed by atoms with Gasteiger partial charge in [-0.25, -0.2) is 19.2 Å². The number of hydrogen-bond acceptors (Lipinski definition) is 5. The molecular weight excluding hydrogens is 545 g/mol.